The molecule has 0 bridgehead atoms. The number of piperazine rings is 1. The molecule has 0 amide bonds. The molecule has 0 saturated carbocycles. The third-order valence-corrected chi connectivity index (χ3v) is 5.69. The summed E-state index contributed by atoms with van der Waals surface area (Å²) >= 11 is 0. The van der Waals surface area contributed by atoms with Crippen LogP contribution in [-0.2, 0) is 6.54 Å². The van der Waals surface area contributed by atoms with Gasteiger partial charge in [0.15, 0.2) is 0 Å². The lowest BCUT2D eigenvalue weighted by Gasteiger charge is -2.36. The molecular weight excluding hydrogens is 364 g/mol. The Labute approximate surface area is 171 Å². The molecular formula is C23H28N4O2. The van der Waals surface area contributed by atoms with Crippen LogP contribution in [0.25, 0.3) is 10.8 Å². The van der Waals surface area contributed by atoms with Crippen molar-refractivity contribution in [2.75, 3.05) is 44.7 Å². The maximum atomic E-state index is 12.7. The maximum absolute atomic E-state index is 12.7. The standard InChI is InChI=1S/C23H28N4O2/c1-18-19-8-3-4-9-20(19)23(28)27(24-18)13-7-12-25-14-16-26(17-15-25)21-10-5-6-11-22(21)29-2/h3-6,8-11H,7,12-17H2,1-2H3. The van der Waals surface area contributed by atoms with Crippen molar-refractivity contribution in [2.45, 2.75) is 19.9 Å². The van der Waals surface area contributed by atoms with Crippen molar-refractivity contribution in [1.29, 1.82) is 0 Å². The lowest BCUT2D eigenvalue weighted by atomic mass is 10.1. The van der Waals surface area contributed by atoms with Crippen molar-refractivity contribution in [3.05, 3.63) is 64.6 Å². The fourth-order valence-electron chi connectivity index (χ4n) is 4.10. The monoisotopic (exact) mass is 392 g/mol. The highest BCUT2D eigenvalue weighted by molar-refractivity contribution is 5.83. The number of aromatic nitrogens is 2. The molecule has 1 aliphatic heterocycles. The molecule has 0 radical (unpaired) electrons. The smallest absolute Gasteiger partial charge is 0.274 e. The van der Waals surface area contributed by atoms with Crippen LogP contribution < -0.4 is 15.2 Å². The Kier molecular flexibility index (Phi) is 5.81. The number of rotatable bonds is 6. The number of anilines is 1. The zero-order valence-corrected chi connectivity index (χ0v) is 17.2. The first-order chi connectivity index (χ1) is 14.2. The van der Waals surface area contributed by atoms with Gasteiger partial charge in [0.25, 0.3) is 5.56 Å². The zero-order chi connectivity index (χ0) is 20.2. The van der Waals surface area contributed by atoms with Gasteiger partial charge in [0.2, 0.25) is 0 Å². The highest BCUT2D eigenvalue weighted by atomic mass is 16.5. The van der Waals surface area contributed by atoms with E-state index in [9.17, 15) is 4.79 Å². The van der Waals surface area contributed by atoms with Crippen LogP contribution in [-0.4, -0.2) is 54.5 Å². The normalized spacial score (nSPS) is 15.0. The summed E-state index contributed by atoms with van der Waals surface area (Å²) in [5.74, 6) is 0.929. The van der Waals surface area contributed by atoms with Crippen LogP contribution in [0.4, 0.5) is 5.69 Å². The summed E-state index contributed by atoms with van der Waals surface area (Å²) in [6.07, 6.45) is 0.916. The number of fused-ring (bicyclic) bond motifs is 1. The fraction of sp³-hybridized carbons (Fsp3) is 0.391. The molecule has 29 heavy (non-hydrogen) atoms. The second-order valence-electron chi connectivity index (χ2n) is 7.51. The molecule has 3 aromatic rings. The molecule has 6 heteroatoms. The number of benzene rings is 2. The number of para-hydroxylation sites is 2. The summed E-state index contributed by atoms with van der Waals surface area (Å²) in [5.41, 5.74) is 2.08. The van der Waals surface area contributed by atoms with Crippen LogP contribution in [0.5, 0.6) is 5.75 Å². The molecule has 152 valence electrons. The fourth-order valence-corrected chi connectivity index (χ4v) is 4.10. The molecule has 4 rings (SSSR count). The van der Waals surface area contributed by atoms with Gasteiger partial charge in [0.05, 0.1) is 23.9 Å². The van der Waals surface area contributed by atoms with E-state index in [1.165, 1.54) is 0 Å². The van der Waals surface area contributed by atoms with E-state index in [0.717, 1.165) is 67.0 Å². The summed E-state index contributed by atoms with van der Waals surface area (Å²) in [6, 6.07) is 15.9. The first-order valence-corrected chi connectivity index (χ1v) is 10.2. The molecule has 0 aliphatic carbocycles. The highest BCUT2D eigenvalue weighted by Gasteiger charge is 2.19. The molecule has 0 spiro atoms. The van der Waals surface area contributed by atoms with Gasteiger partial charge in [-0.15, -0.1) is 0 Å². The molecule has 1 saturated heterocycles. The summed E-state index contributed by atoms with van der Waals surface area (Å²) in [5, 5.41) is 6.22. The number of hydrogen-bond donors (Lipinski definition) is 0. The van der Waals surface area contributed by atoms with Crippen LogP contribution in [0.1, 0.15) is 12.1 Å². The van der Waals surface area contributed by atoms with Crippen molar-refractivity contribution >= 4 is 16.5 Å². The molecule has 1 aromatic heterocycles. The maximum Gasteiger partial charge on any atom is 0.274 e. The summed E-state index contributed by atoms with van der Waals surface area (Å²) in [7, 11) is 1.72. The lowest BCUT2D eigenvalue weighted by Crippen LogP contribution is -2.47. The molecule has 0 N–H and O–H groups in total. The van der Waals surface area contributed by atoms with Crippen LogP contribution in [0, 0.1) is 6.92 Å². The van der Waals surface area contributed by atoms with Gasteiger partial charge >= 0.3 is 0 Å². The molecule has 1 fully saturated rings. The second-order valence-corrected chi connectivity index (χ2v) is 7.51. The summed E-state index contributed by atoms with van der Waals surface area (Å²) < 4.78 is 7.12. The van der Waals surface area contributed by atoms with Crippen molar-refractivity contribution in [3.8, 4) is 5.75 Å². The largest absolute Gasteiger partial charge is 0.495 e. The average Bonchev–Trinajstić information content (AvgIpc) is 2.77. The predicted octanol–water partition coefficient (Wildman–Crippen LogP) is 2.93. The van der Waals surface area contributed by atoms with Crippen molar-refractivity contribution < 1.29 is 4.74 Å². The van der Waals surface area contributed by atoms with Gasteiger partial charge in [-0.1, -0.05) is 30.3 Å². The van der Waals surface area contributed by atoms with E-state index in [1.807, 2.05) is 43.3 Å². The topological polar surface area (TPSA) is 50.6 Å². The van der Waals surface area contributed by atoms with Crippen LogP contribution >= 0.6 is 0 Å². The van der Waals surface area contributed by atoms with Gasteiger partial charge < -0.3 is 9.64 Å². The summed E-state index contributed by atoms with van der Waals surface area (Å²) in [6.45, 7) is 7.57. The van der Waals surface area contributed by atoms with Crippen LogP contribution in [0.3, 0.4) is 0 Å². The number of hydrogen-bond acceptors (Lipinski definition) is 5. The van der Waals surface area contributed by atoms with E-state index >= 15 is 0 Å². The van der Waals surface area contributed by atoms with E-state index in [-0.39, 0.29) is 5.56 Å². The minimum atomic E-state index is 0.00666. The Morgan fingerprint density at radius 3 is 2.38 bits per heavy atom. The first-order valence-electron chi connectivity index (χ1n) is 10.2. The molecule has 0 unspecified atom stereocenters. The van der Waals surface area contributed by atoms with Gasteiger partial charge in [0, 0.05) is 44.7 Å². The third-order valence-electron chi connectivity index (χ3n) is 5.69. The molecule has 6 nitrogen and oxygen atoms in total. The minimum absolute atomic E-state index is 0.00666. The van der Waals surface area contributed by atoms with Gasteiger partial charge in [-0.25, -0.2) is 4.68 Å². The number of methoxy groups -OCH3 is 1. The number of aryl methyl sites for hydroxylation is 2. The van der Waals surface area contributed by atoms with Crippen molar-refractivity contribution in [3.63, 3.8) is 0 Å². The molecule has 2 heterocycles. The Bertz CT molecular complexity index is 1040. The Morgan fingerprint density at radius 2 is 1.62 bits per heavy atom. The van der Waals surface area contributed by atoms with Gasteiger partial charge in [0.1, 0.15) is 5.75 Å². The Morgan fingerprint density at radius 1 is 0.931 bits per heavy atom. The van der Waals surface area contributed by atoms with E-state index in [1.54, 1.807) is 11.8 Å². The zero-order valence-electron chi connectivity index (χ0n) is 17.2. The number of ether oxygens (including phenoxy) is 1. The Balaban J connectivity index is 1.33. The molecule has 1 aliphatic rings. The molecule has 2 aromatic carbocycles. The van der Waals surface area contributed by atoms with E-state index in [2.05, 4.69) is 27.0 Å². The first kappa shape index (κ1) is 19.5. The SMILES string of the molecule is COc1ccccc1N1CCN(CCCn2nc(C)c3ccccc3c2=O)CC1. The highest BCUT2D eigenvalue weighted by Crippen LogP contribution is 2.28. The predicted molar refractivity (Wildman–Crippen MR) is 117 cm³/mol. The van der Waals surface area contributed by atoms with Gasteiger partial charge in [-0.3, -0.25) is 9.69 Å². The Hall–Kier alpha value is -2.86. The van der Waals surface area contributed by atoms with Gasteiger partial charge in [-0.2, -0.15) is 5.10 Å². The van der Waals surface area contributed by atoms with E-state index in [0.29, 0.717) is 6.54 Å². The van der Waals surface area contributed by atoms with Crippen molar-refractivity contribution in [2.24, 2.45) is 0 Å². The molecule has 0 atom stereocenters. The van der Waals surface area contributed by atoms with E-state index < -0.39 is 0 Å². The lowest BCUT2D eigenvalue weighted by molar-refractivity contribution is 0.247. The third kappa shape index (κ3) is 4.12. The van der Waals surface area contributed by atoms with Crippen LogP contribution in [0.15, 0.2) is 53.3 Å². The quantitative estimate of drug-likeness (QED) is 0.646. The average molecular weight is 393 g/mol. The van der Waals surface area contributed by atoms with Crippen molar-refractivity contribution in [1.82, 2.24) is 14.7 Å². The summed E-state index contributed by atoms with van der Waals surface area (Å²) in [4.78, 5) is 17.5. The van der Waals surface area contributed by atoms with Crippen LogP contribution in [0.2, 0.25) is 0 Å². The van der Waals surface area contributed by atoms with E-state index in [4.69, 9.17) is 4.74 Å². The second kappa shape index (κ2) is 8.66. The van der Waals surface area contributed by atoms with Gasteiger partial charge in [-0.05, 0) is 31.5 Å². The minimum Gasteiger partial charge on any atom is -0.495 e. The number of nitrogens with zero attached hydrogens (tertiary/aromatic N) is 4.